The maximum Gasteiger partial charge on any atom is 0.307 e. The van der Waals surface area contributed by atoms with Gasteiger partial charge in [0, 0.05) is 6.20 Å². The fourth-order valence-corrected chi connectivity index (χ4v) is 2.61. The Kier molecular flexibility index (Phi) is 2.60. The molecule has 2 aromatic rings. The van der Waals surface area contributed by atoms with Gasteiger partial charge in [-0.3, -0.25) is 4.79 Å². The zero-order valence-corrected chi connectivity index (χ0v) is 11.4. The van der Waals surface area contributed by atoms with Gasteiger partial charge in [-0.05, 0) is 18.4 Å². The first kappa shape index (κ1) is 12.7. The third kappa shape index (κ3) is 1.86. The lowest BCUT2D eigenvalue weighted by Gasteiger charge is -1.96. The Morgan fingerprint density at radius 2 is 2.15 bits per heavy atom. The van der Waals surface area contributed by atoms with Crippen LogP contribution >= 0.6 is 0 Å². The fraction of sp³-hybridized carbons (Fsp3) is 0.462. The molecule has 1 aliphatic rings. The molecule has 1 aliphatic carbocycles. The van der Waals surface area contributed by atoms with Crippen LogP contribution in [0.1, 0.15) is 31.5 Å². The predicted octanol–water partition coefficient (Wildman–Crippen LogP) is 1.66. The molecule has 0 saturated heterocycles. The number of aromatic nitrogens is 4. The van der Waals surface area contributed by atoms with Crippen LogP contribution in [-0.2, 0) is 4.79 Å². The lowest BCUT2D eigenvalue weighted by atomic mass is 10.1. The van der Waals surface area contributed by atoms with Crippen LogP contribution < -0.4 is 0 Å². The maximum absolute atomic E-state index is 11.2. The zero-order valence-electron chi connectivity index (χ0n) is 11.4. The second kappa shape index (κ2) is 4.09. The molecule has 20 heavy (non-hydrogen) atoms. The Bertz CT molecular complexity index is 680. The predicted molar refractivity (Wildman–Crippen MR) is 67.7 cm³/mol. The Labute approximate surface area is 115 Å². The van der Waals surface area contributed by atoms with Gasteiger partial charge in [-0.1, -0.05) is 19.0 Å². The molecule has 3 rings (SSSR count). The van der Waals surface area contributed by atoms with Crippen LogP contribution in [0.2, 0.25) is 0 Å². The van der Waals surface area contributed by atoms with E-state index in [1.807, 2.05) is 13.8 Å². The van der Waals surface area contributed by atoms with Crippen molar-refractivity contribution in [3.63, 3.8) is 0 Å². The summed E-state index contributed by atoms with van der Waals surface area (Å²) in [6, 6.07) is 1.69. The summed E-state index contributed by atoms with van der Waals surface area (Å²) >= 11 is 0. The van der Waals surface area contributed by atoms with Gasteiger partial charge in [0.05, 0.1) is 11.8 Å². The van der Waals surface area contributed by atoms with Crippen molar-refractivity contribution in [1.82, 2.24) is 20.1 Å². The van der Waals surface area contributed by atoms with Crippen molar-refractivity contribution in [3.8, 4) is 11.5 Å². The molecule has 1 N–H and O–H groups in total. The number of aliphatic carboxylic acids is 1. The first-order valence-electron chi connectivity index (χ1n) is 6.27. The number of hydrogen-bond acceptors (Lipinski definition) is 6. The molecule has 7 nitrogen and oxygen atoms in total. The van der Waals surface area contributed by atoms with E-state index < -0.39 is 11.9 Å². The number of rotatable bonds is 3. The van der Waals surface area contributed by atoms with Gasteiger partial charge in [0.2, 0.25) is 11.7 Å². The van der Waals surface area contributed by atoms with Crippen molar-refractivity contribution < 1.29 is 14.4 Å². The van der Waals surface area contributed by atoms with E-state index in [0.717, 1.165) is 0 Å². The van der Waals surface area contributed by atoms with E-state index in [0.29, 0.717) is 23.2 Å². The van der Waals surface area contributed by atoms with Gasteiger partial charge in [-0.2, -0.15) is 4.98 Å². The zero-order chi connectivity index (χ0) is 14.5. The van der Waals surface area contributed by atoms with Crippen LogP contribution in [0.4, 0.5) is 0 Å². The molecule has 2 unspecified atom stereocenters. The monoisotopic (exact) mass is 274 g/mol. The molecule has 0 bridgehead atoms. The van der Waals surface area contributed by atoms with Gasteiger partial charge in [0.1, 0.15) is 11.5 Å². The number of nitrogens with zero attached hydrogens (tertiary/aromatic N) is 4. The molecule has 2 heterocycles. The minimum absolute atomic E-state index is 0.246. The number of hydrogen-bond donors (Lipinski definition) is 1. The van der Waals surface area contributed by atoms with Gasteiger partial charge in [-0.15, -0.1) is 0 Å². The molecule has 104 valence electrons. The van der Waals surface area contributed by atoms with Crippen molar-refractivity contribution in [1.29, 1.82) is 0 Å². The average molecular weight is 274 g/mol. The van der Waals surface area contributed by atoms with Gasteiger partial charge >= 0.3 is 5.97 Å². The second-order valence-electron chi connectivity index (χ2n) is 5.56. The normalized spacial score (nSPS) is 23.6. The second-order valence-corrected chi connectivity index (χ2v) is 5.56. The molecule has 0 radical (unpaired) electrons. The molecule has 1 saturated carbocycles. The number of carbonyl (C=O) groups is 1. The molecule has 0 amide bonds. The topological polar surface area (TPSA) is 102 Å². The Morgan fingerprint density at radius 3 is 2.75 bits per heavy atom. The average Bonchev–Trinajstić information content (AvgIpc) is 2.73. The summed E-state index contributed by atoms with van der Waals surface area (Å²) in [5.41, 5.74) is 0.204. The summed E-state index contributed by atoms with van der Waals surface area (Å²) in [4.78, 5) is 23.7. The number of aryl methyl sites for hydroxylation is 1. The highest BCUT2D eigenvalue weighted by Gasteiger charge is 2.65. The van der Waals surface area contributed by atoms with Crippen LogP contribution in [0.3, 0.4) is 0 Å². The van der Waals surface area contributed by atoms with Crippen LogP contribution in [0.15, 0.2) is 16.8 Å². The van der Waals surface area contributed by atoms with Crippen molar-refractivity contribution in [2.24, 2.45) is 11.3 Å². The SMILES string of the molecule is Cc1nccc(-c2noc(C3C(C(=O)O)C3(C)C)n2)n1. The number of carboxylic acid groups (broad SMARTS) is 1. The quantitative estimate of drug-likeness (QED) is 0.907. The van der Waals surface area contributed by atoms with E-state index in [4.69, 9.17) is 4.52 Å². The number of carboxylic acids is 1. The Hall–Kier alpha value is -2.31. The van der Waals surface area contributed by atoms with Crippen molar-refractivity contribution in [3.05, 3.63) is 24.0 Å². The van der Waals surface area contributed by atoms with E-state index in [9.17, 15) is 9.90 Å². The Morgan fingerprint density at radius 1 is 1.40 bits per heavy atom. The molecular formula is C13H14N4O3. The highest BCUT2D eigenvalue weighted by atomic mass is 16.5. The highest BCUT2D eigenvalue weighted by molar-refractivity contribution is 5.77. The fourth-order valence-electron chi connectivity index (χ4n) is 2.61. The largest absolute Gasteiger partial charge is 0.481 e. The van der Waals surface area contributed by atoms with Crippen LogP contribution in [0.5, 0.6) is 0 Å². The summed E-state index contributed by atoms with van der Waals surface area (Å²) in [6.45, 7) is 5.54. The van der Waals surface area contributed by atoms with Crippen molar-refractivity contribution in [2.45, 2.75) is 26.7 Å². The maximum atomic E-state index is 11.2. The van der Waals surface area contributed by atoms with E-state index in [-0.39, 0.29) is 11.3 Å². The molecule has 7 heteroatoms. The molecule has 0 spiro atoms. The first-order valence-corrected chi connectivity index (χ1v) is 6.27. The summed E-state index contributed by atoms with van der Waals surface area (Å²) in [5, 5.41) is 13.0. The molecule has 2 atom stereocenters. The molecule has 0 aliphatic heterocycles. The van der Waals surface area contributed by atoms with Gasteiger partial charge in [-0.25, -0.2) is 9.97 Å². The third-order valence-corrected chi connectivity index (χ3v) is 3.81. The molecule has 2 aromatic heterocycles. The first-order chi connectivity index (χ1) is 9.41. The van der Waals surface area contributed by atoms with Gasteiger partial charge in [0.15, 0.2) is 0 Å². The van der Waals surface area contributed by atoms with E-state index in [2.05, 4.69) is 20.1 Å². The standard InChI is InChI=1S/C13H14N4O3/c1-6-14-5-4-7(15-6)10-16-11(20-17-10)8-9(12(18)19)13(8,2)3/h4-5,8-9H,1-3H3,(H,18,19). The van der Waals surface area contributed by atoms with E-state index in [1.54, 1.807) is 19.2 Å². The third-order valence-electron chi connectivity index (χ3n) is 3.81. The van der Waals surface area contributed by atoms with Crippen molar-refractivity contribution in [2.75, 3.05) is 0 Å². The minimum atomic E-state index is -0.836. The highest BCUT2D eigenvalue weighted by Crippen LogP contribution is 2.64. The Balaban J connectivity index is 1.91. The van der Waals surface area contributed by atoms with E-state index >= 15 is 0 Å². The lowest BCUT2D eigenvalue weighted by Crippen LogP contribution is -2.03. The van der Waals surface area contributed by atoms with Gasteiger partial charge in [0.25, 0.3) is 0 Å². The van der Waals surface area contributed by atoms with Crippen LogP contribution in [0, 0.1) is 18.3 Å². The van der Waals surface area contributed by atoms with Crippen LogP contribution in [-0.4, -0.2) is 31.2 Å². The molecule has 0 aromatic carbocycles. The van der Waals surface area contributed by atoms with E-state index in [1.165, 1.54) is 0 Å². The van der Waals surface area contributed by atoms with Crippen LogP contribution in [0.25, 0.3) is 11.5 Å². The summed E-state index contributed by atoms with van der Waals surface area (Å²) in [7, 11) is 0. The summed E-state index contributed by atoms with van der Waals surface area (Å²) in [5.74, 6) is -0.236. The molecular weight excluding hydrogens is 260 g/mol. The smallest absolute Gasteiger partial charge is 0.307 e. The van der Waals surface area contributed by atoms with Crippen molar-refractivity contribution >= 4 is 5.97 Å². The van der Waals surface area contributed by atoms with Gasteiger partial charge < -0.3 is 9.63 Å². The summed E-state index contributed by atoms with van der Waals surface area (Å²) < 4.78 is 5.21. The summed E-state index contributed by atoms with van der Waals surface area (Å²) in [6.07, 6.45) is 1.62. The molecule has 1 fully saturated rings. The lowest BCUT2D eigenvalue weighted by molar-refractivity contribution is -0.139. The minimum Gasteiger partial charge on any atom is -0.481 e.